The highest BCUT2D eigenvalue weighted by Crippen LogP contribution is 2.25. The smallest absolute Gasteiger partial charge is 0.146 e. The molecule has 3 aromatic rings. The molecule has 6 nitrogen and oxygen atoms in total. The van der Waals surface area contributed by atoms with Gasteiger partial charge >= 0.3 is 0 Å². The van der Waals surface area contributed by atoms with Crippen molar-refractivity contribution in [1.29, 1.82) is 0 Å². The van der Waals surface area contributed by atoms with Crippen LogP contribution in [0.5, 0.6) is 11.5 Å². The van der Waals surface area contributed by atoms with Crippen LogP contribution in [0.15, 0.2) is 67.0 Å². The molecule has 4 rings (SSSR count). The fraction of sp³-hybridized carbons (Fsp3) is 0.375. The molecule has 0 radical (unpaired) electrons. The van der Waals surface area contributed by atoms with Gasteiger partial charge in [-0.05, 0) is 49.2 Å². The maximum atomic E-state index is 11.0. The predicted octanol–water partition coefficient (Wildman–Crippen LogP) is 3.41. The molecular weight excluding hydrogens is 378 g/mol. The highest BCUT2D eigenvalue weighted by Gasteiger charge is 2.34. The van der Waals surface area contributed by atoms with Crippen molar-refractivity contribution in [3.63, 3.8) is 0 Å². The lowest BCUT2D eigenvalue weighted by Crippen LogP contribution is -2.51. The second-order valence-corrected chi connectivity index (χ2v) is 8.03. The molecule has 158 valence electrons. The Morgan fingerprint density at radius 1 is 1.03 bits per heavy atom. The van der Waals surface area contributed by atoms with Gasteiger partial charge in [0.1, 0.15) is 36.1 Å². The fourth-order valence-corrected chi connectivity index (χ4v) is 3.83. The number of nitrogens with zero attached hydrogens (tertiary/aromatic N) is 3. The van der Waals surface area contributed by atoms with E-state index in [-0.39, 0.29) is 0 Å². The predicted molar refractivity (Wildman–Crippen MR) is 115 cm³/mol. The Balaban J connectivity index is 1.28. The summed E-state index contributed by atoms with van der Waals surface area (Å²) in [7, 11) is 1.96. The van der Waals surface area contributed by atoms with E-state index >= 15 is 0 Å². The molecule has 0 bridgehead atoms. The molecule has 1 aromatic heterocycles. The van der Waals surface area contributed by atoms with Crippen LogP contribution in [0.1, 0.15) is 24.2 Å². The van der Waals surface area contributed by atoms with Gasteiger partial charge in [-0.25, -0.2) is 4.98 Å². The van der Waals surface area contributed by atoms with E-state index in [0.717, 1.165) is 43.3 Å². The summed E-state index contributed by atoms with van der Waals surface area (Å²) >= 11 is 0. The summed E-state index contributed by atoms with van der Waals surface area (Å²) in [5, 5.41) is 11.0. The van der Waals surface area contributed by atoms with Gasteiger partial charge in [0.15, 0.2) is 0 Å². The normalized spacial score (nSPS) is 19.5. The number of hydrogen-bond acceptors (Lipinski definition) is 5. The molecule has 1 aliphatic rings. The first-order valence-corrected chi connectivity index (χ1v) is 10.4. The van der Waals surface area contributed by atoms with Crippen molar-refractivity contribution < 1.29 is 14.6 Å². The van der Waals surface area contributed by atoms with Crippen LogP contribution in [0.25, 0.3) is 0 Å². The van der Waals surface area contributed by atoms with Gasteiger partial charge in [-0.3, -0.25) is 4.90 Å². The zero-order chi connectivity index (χ0) is 20.8. The largest absolute Gasteiger partial charge is 0.491 e. The van der Waals surface area contributed by atoms with Crippen molar-refractivity contribution in [2.24, 2.45) is 7.05 Å². The minimum atomic E-state index is -0.820. The summed E-state index contributed by atoms with van der Waals surface area (Å²) in [6, 6.07) is 17.8. The molecule has 6 heteroatoms. The number of β-amino-alcohol motifs (C(OH)–C–C–N with tert-alkyl or cyclic N) is 1. The summed E-state index contributed by atoms with van der Waals surface area (Å²) in [5.41, 5.74) is 0.381. The van der Waals surface area contributed by atoms with E-state index in [1.165, 1.54) is 5.56 Å². The first-order chi connectivity index (χ1) is 14.6. The molecule has 1 fully saturated rings. The number of ether oxygens (including phenoxy) is 2. The van der Waals surface area contributed by atoms with E-state index in [4.69, 9.17) is 9.47 Å². The molecule has 0 saturated carbocycles. The summed E-state index contributed by atoms with van der Waals surface area (Å²) in [4.78, 5) is 6.56. The van der Waals surface area contributed by atoms with Crippen molar-refractivity contribution in [3.05, 3.63) is 78.4 Å². The van der Waals surface area contributed by atoms with Crippen LogP contribution in [0.3, 0.4) is 0 Å². The van der Waals surface area contributed by atoms with Crippen molar-refractivity contribution in [2.75, 3.05) is 19.7 Å². The fourth-order valence-electron chi connectivity index (χ4n) is 3.83. The Morgan fingerprint density at radius 2 is 1.80 bits per heavy atom. The number of likely N-dealkylation sites (tertiary alicyclic amines) is 1. The number of imidazole rings is 1. The first kappa shape index (κ1) is 20.4. The van der Waals surface area contributed by atoms with Crippen LogP contribution < -0.4 is 9.47 Å². The van der Waals surface area contributed by atoms with Crippen molar-refractivity contribution in [3.8, 4) is 11.5 Å². The number of benzene rings is 2. The zero-order valence-electron chi connectivity index (χ0n) is 17.4. The van der Waals surface area contributed by atoms with E-state index < -0.39 is 5.60 Å². The molecule has 0 spiro atoms. The number of rotatable bonds is 8. The summed E-state index contributed by atoms with van der Waals surface area (Å²) in [6.45, 7) is 3.15. The lowest BCUT2D eigenvalue weighted by Gasteiger charge is -2.39. The average Bonchev–Trinajstić information content (AvgIpc) is 3.17. The van der Waals surface area contributed by atoms with E-state index in [9.17, 15) is 5.11 Å². The Morgan fingerprint density at radius 3 is 2.53 bits per heavy atom. The van der Waals surface area contributed by atoms with E-state index in [1.54, 1.807) is 6.20 Å². The molecular formula is C24H29N3O3. The molecule has 2 heterocycles. The van der Waals surface area contributed by atoms with Gasteiger partial charge < -0.3 is 19.1 Å². The van der Waals surface area contributed by atoms with E-state index in [2.05, 4.69) is 22.0 Å². The van der Waals surface area contributed by atoms with Crippen LogP contribution in [-0.2, 0) is 20.2 Å². The third kappa shape index (κ3) is 5.40. The Labute approximate surface area is 177 Å². The highest BCUT2D eigenvalue weighted by molar-refractivity contribution is 5.27. The number of aliphatic hydroxyl groups is 1. The maximum absolute atomic E-state index is 11.0. The SMILES string of the molecule is Cn1ccnc1COc1ccc(CN2CCC[C@@](O)(COc3ccccc3)C2)cc1. The second kappa shape index (κ2) is 9.32. The third-order valence-electron chi connectivity index (χ3n) is 5.50. The monoisotopic (exact) mass is 407 g/mol. The first-order valence-electron chi connectivity index (χ1n) is 10.4. The molecule has 1 aliphatic heterocycles. The van der Waals surface area contributed by atoms with Crippen molar-refractivity contribution >= 4 is 0 Å². The Hall–Kier alpha value is -2.83. The van der Waals surface area contributed by atoms with Gasteiger partial charge in [0.05, 0.1) is 0 Å². The van der Waals surface area contributed by atoms with Gasteiger partial charge in [0, 0.05) is 32.5 Å². The molecule has 0 aliphatic carbocycles. The summed E-state index contributed by atoms with van der Waals surface area (Å²) in [5.74, 6) is 2.52. The Kier molecular flexibility index (Phi) is 6.35. The van der Waals surface area contributed by atoms with Gasteiger partial charge in [-0.2, -0.15) is 0 Å². The van der Waals surface area contributed by atoms with Crippen LogP contribution >= 0.6 is 0 Å². The highest BCUT2D eigenvalue weighted by atomic mass is 16.5. The second-order valence-electron chi connectivity index (χ2n) is 8.03. The molecule has 30 heavy (non-hydrogen) atoms. The number of piperidine rings is 1. The number of para-hydroxylation sites is 1. The van der Waals surface area contributed by atoms with Gasteiger partial charge in [-0.1, -0.05) is 30.3 Å². The third-order valence-corrected chi connectivity index (χ3v) is 5.50. The molecule has 1 N–H and O–H groups in total. The number of aryl methyl sites for hydroxylation is 1. The van der Waals surface area contributed by atoms with Gasteiger partial charge in [-0.15, -0.1) is 0 Å². The molecule has 2 aromatic carbocycles. The average molecular weight is 408 g/mol. The van der Waals surface area contributed by atoms with Crippen LogP contribution in [0.4, 0.5) is 0 Å². The molecule has 0 unspecified atom stereocenters. The van der Waals surface area contributed by atoms with Crippen LogP contribution in [-0.4, -0.2) is 44.9 Å². The zero-order valence-corrected chi connectivity index (χ0v) is 17.4. The lowest BCUT2D eigenvalue weighted by molar-refractivity contribution is -0.0621. The van der Waals surface area contributed by atoms with Crippen LogP contribution in [0, 0.1) is 0 Å². The van der Waals surface area contributed by atoms with E-state index in [1.807, 2.05) is 60.3 Å². The maximum Gasteiger partial charge on any atom is 0.146 e. The summed E-state index contributed by atoms with van der Waals surface area (Å²) in [6.07, 6.45) is 5.40. The molecule has 0 amide bonds. The summed E-state index contributed by atoms with van der Waals surface area (Å²) < 4.78 is 13.6. The van der Waals surface area contributed by atoms with Crippen molar-refractivity contribution in [1.82, 2.24) is 14.5 Å². The standard InChI is InChI=1S/C24H29N3O3/c1-26-15-13-25-23(26)17-29-22-10-8-20(9-11-22)16-27-14-5-12-24(28,18-27)19-30-21-6-3-2-4-7-21/h2-4,6-11,13,15,28H,5,12,14,16-19H2,1H3/t24-/m0/s1. The molecule has 1 atom stereocenters. The minimum absolute atomic E-state index is 0.313. The quantitative estimate of drug-likeness (QED) is 0.620. The van der Waals surface area contributed by atoms with E-state index in [0.29, 0.717) is 19.8 Å². The van der Waals surface area contributed by atoms with Gasteiger partial charge in [0.25, 0.3) is 0 Å². The number of aromatic nitrogens is 2. The lowest BCUT2D eigenvalue weighted by atomic mass is 9.93. The number of hydrogen-bond donors (Lipinski definition) is 1. The molecule has 1 saturated heterocycles. The topological polar surface area (TPSA) is 59.8 Å². The van der Waals surface area contributed by atoms with Crippen molar-refractivity contribution in [2.45, 2.75) is 31.6 Å². The van der Waals surface area contributed by atoms with Crippen LogP contribution in [0.2, 0.25) is 0 Å². The van der Waals surface area contributed by atoms with Gasteiger partial charge in [0.2, 0.25) is 0 Å². The Bertz CT molecular complexity index is 926. The minimum Gasteiger partial charge on any atom is -0.491 e.